The van der Waals surface area contributed by atoms with E-state index in [0.717, 1.165) is 44.9 Å². The highest BCUT2D eigenvalue weighted by Crippen LogP contribution is 2.72. The molecule has 0 aromatic heterocycles. The van der Waals surface area contributed by atoms with Gasteiger partial charge >= 0.3 is 5.97 Å². The van der Waals surface area contributed by atoms with Crippen LogP contribution in [0, 0.1) is 50.7 Å². The minimum absolute atomic E-state index is 0.00715. The minimum atomic E-state index is -1.66. The van der Waals surface area contributed by atoms with Crippen molar-refractivity contribution in [3.05, 3.63) is 11.6 Å². The lowest BCUT2D eigenvalue weighted by atomic mass is 9.37. The first-order valence-electron chi connectivity index (χ1n) is 20.0. The molecule has 2 heterocycles. The molecule has 0 radical (unpaired) electrons. The molecule has 0 amide bonds. The largest absolute Gasteiger partial charge is 0.432 e. The number of hydrogen-bond donors (Lipinski definition) is 8. The normalized spacial score (nSPS) is 53.6. The van der Waals surface area contributed by atoms with E-state index in [-0.39, 0.29) is 47.2 Å². The number of ether oxygens (including phenoxy) is 4. The quantitative estimate of drug-likeness (QED) is 0.110. The number of hydrogen-bond acceptors (Lipinski definition) is 13. The highest BCUT2D eigenvalue weighted by atomic mass is 16.7. The van der Waals surface area contributed by atoms with Gasteiger partial charge in [-0.25, -0.2) is 0 Å². The van der Waals surface area contributed by atoms with Crippen molar-refractivity contribution in [3.63, 3.8) is 0 Å². The second-order valence-electron chi connectivity index (χ2n) is 19.4. The Bertz CT molecular complexity index is 1400. The van der Waals surface area contributed by atoms with Crippen LogP contribution in [0.3, 0.4) is 0 Å². The molecule has 6 fully saturated rings. The van der Waals surface area contributed by atoms with Crippen LogP contribution < -0.4 is 0 Å². The first-order valence-corrected chi connectivity index (χ1v) is 20.0. The molecule has 5 aliphatic carbocycles. The molecular weight excluding hydrogens is 688 g/mol. The highest BCUT2D eigenvalue weighted by molar-refractivity contribution is 5.79. The van der Waals surface area contributed by atoms with E-state index < -0.39 is 84.8 Å². The molecule has 2 aliphatic heterocycles. The van der Waals surface area contributed by atoms with Gasteiger partial charge in [-0.3, -0.25) is 4.79 Å². The zero-order valence-corrected chi connectivity index (χ0v) is 32.0. The Morgan fingerprint density at radius 1 is 0.774 bits per heavy atom. The fraction of sp³-hybridized carbons (Fsp3) is 0.925. The van der Waals surface area contributed by atoms with Crippen LogP contribution in [0.2, 0.25) is 0 Å². The molecule has 0 unspecified atom stereocenters. The van der Waals surface area contributed by atoms with Gasteiger partial charge in [0, 0.05) is 5.41 Å². The summed E-state index contributed by atoms with van der Waals surface area (Å²) in [5.41, 5.74) is -0.338. The molecule has 53 heavy (non-hydrogen) atoms. The molecule has 7 aliphatic rings. The topological polar surface area (TPSA) is 216 Å². The number of esters is 1. The van der Waals surface area contributed by atoms with Gasteiger partial charge < -0.3 is 59.8 Å². The summed E-state index contributed by atoms with van der Waals surface area (Å²) in [5, 5.41) is 83.2. The number of carbonyl (C=O) groups excluding carboxylic acids is 1. The summed E-state index contributed by atoms with van der Waals surface area (Å²) in [6, 6.07) is 0. The zero-order chi connectivity index (χ0) is 38.5. The first kappa shape index (κ1) is 40.0. The van der Waals surface area contributed by atoms with Crippen molar-refractivity contribution in [1.82, 2.24) is 0 Å². The van der Waals surface area contributed by atoms with E-state index in [1.807, 2.05) is 0 Å². The third kappa shape index (κ3) is 6.18. The Kier molecular flexibility index (Phi) is 10.6. The first-order chi connectivity index (χ1) is 24.9. The maximum Gasteiger partial charge on any atom is 0.315 e. The van der Waals surface area contributed by atoms with E-state index in [9.17, 15) is 45.6 Å². The van der Waals surface area contributed by atoms with Crippen molar-refractivity contribution >= 4 is 5.97 Å². The van der Waals surface area contributed by atoms with Crippen LogP contribution in [0.5, 0.6) is 0 Å². The molecule has 2 saturated heterocycles. The van der Waals surface area contributed by atoms with Gasteiger partial charge in [0.15, 0.2) is 6.29 Å². The van der Waals surface area contributed by atoms with Gasteiger partial charge in [-0.15, -0.1) is 0 Å². The van der Waals surface area contributed by atoms with Gasteiger partial charge in [0.25, 0.3) is 0 Å². The van der Waals surface area contributed by atoms with E-state index in [0.29, 0.717) is 25.2 Å². The van der Waals surface area contributed by atoms with E-state index in [1.165, 1.54) is 5.57 Å². The molecule has 18 atom stereocenters. The van der Waals surface area contributed by atoms with Crippen LogP contribution in [0.4, 0.5) is 0 Å². The molecule has 0 aromatic rings. The van der Waals surface area contributed by atoms with Crippen LogP contribution in [-0.2, 0) is 23.7 Å². The van der Waals surface area contributed by atoms with E-state index in [1.54, 1.807) is 0 Å². The molecule has 7 rings (SSSR count). The standard InChI is InChI=1S/C40H64O13/c1-36(2)14-15-40(35(49)53-34-32(48)30(46)29(45)24(17-41)51-34)13-8-21-20(22(40)16-36)6-7-25-37(21,3)11-9-26-38(25,4)12-10-27(39(26,5)19-42)52-33-31(47)28(44)23(43)18-50-33/h6,21-34,41-48H,7-19H2,1-5H3/t21-,22+,23-,24-,25+,26-,27+,28+,29-,30+,31-,32-,33+,34+,37+,38-,39+,40-/m1/s1. The van der Waals surface area contributed by atoms with E-state index in [2.05, 4.69) is 40.7 Å². The van der Waals surface area contributed by atoms with Crippen LogP contribution >= 0.6 is 0 Å². The van der Waals surface area contributed by atoms with E-state index in [4.69, 9.17) is 18.9 Å². The van der Waals surface area contributed by atoms with Crippen LogP contribution in [0.15, 0.2) is 11.6 Å². The molecular formula is C40H64O13. The Balaban J connectivity index is 1.15. The third-order valence-electron chi connectivity index (χ3n) is 16.1. The van der Waals surface area contributed by atoms with Crippen molar-refractivity contribution in [2.24, 2.45) is 50.7 Å². The minimum Gasteiger partial charge on any atom is -0.432 e. The molecule has 0 aromatic carbocycles. The molecule has 0 spiro atoms. The predicted molar refractivity (Wildman–Crippen MR) is 188 cm³/mol. The molecule has 8 N–H and O–H groups in total. The number of carbonyl (C=O) groups is 1. The van der Waals surface area contributed by atoms with Crippen LogP contribution in [-0.4, -0.2) is 128 Å². The van der Waals surface area contributed by atoms with Crippen LogP contribution in [0.1, 0.15) is 98.8 Å². The van der Waals surface area contributed by atoms with Crippen molar-refractivity contribution in [3.8, 4) is 0 Å². The molecule has 4 saturated carbocycles. The summed E-state index contributed by atoms with van der Waals surface area (Å²) in [5.74, 6) is 0.143. The smallest absolute Gasteiger partial charge is 0.315 e. The third-order valence-corrected chi connectivity index (χ3v) is 16.1. The molecule has 302 valence electrons. The van der Waals surface area contributed by atoms with Crippen molar-refractivity contribution < 1.29 is 64.6 Å². The van der Waals surface area contributed by atoms with E-state index >= 15 is 0 Å². The Labute approximate surface area is 312 Å². The van der Waals surface area contributed by atoms with Gasteiger partial charge in [-0.05, 0) is 104 Å². The Hall–Kier alpha value is -1.23. The van der Waals surface area contributed by atoms with Crippen LogP contribution in [0.25, 0.3) is 0 Å². The average Bonchev–Trinajstić information content (AvgIpc) is 3.12. The maximum atomic E-state index is 14.4. The van der Waals surface area contributed by atoms with Crippen molar-refractivity contribution in [1.29, 1.82) is 0 Å². The lowest BCUT2D eigenvalue weighted by Crippen LogP contribution is -2.65. The molecule has 13 heteroatoms. The lowest BCUT2D eigenvalue weighted by Gasteiger charge is -2.68. The summed E-state index contributed by atoms with van der Waals surface area (Å²) >= 11 is 0. The van der Waals surface area contributed by atoms with Gasteiger partial charge in [-0.1, -0.05) is 46.3 Å². The van der Waals surface area contributed by atoms with Gasteiger partial charge in [0.05, 0.1) is 31.3 Å². The zero-order valence-electron chi connectivity index (χ0n) is 32.0. The van der Waals surface area contributed by atoms with Gasteiger partial charge in [0.2, 0.25) is 6.29 Å². The Morgan fingerprint density at radius 2 is 1.47 bits per heavy atom. The molecule has 0 bridgehead atoms. The number of aliphatic hydroxyl groups excluding tert-OH is 8. The van der Waals surface area contributed by atoms with Gasteiger partial charge in [-0.2, -0.15) is 0 Å². The summed E-state index contributed by atoms with van der Waals surface area (Å²) < 4.78 is 23.6. The number of allylic oxidation sites excluding steroid dienone is 2. The fourth-order valence-electron chi connectivity index (χ4n) is 13.0. The summed E-state index contributed by atoms with van der Waals surface area (Å²) in [7, 11) is 0. The number of fused-ring (bicyclic) bond motifs is 7. The summed E-state index contributed by atoms with van der Waals surface area (Å²) in [4.78, 5) is 14.4. The molecule has 13 nitrogen and oxygen atoms in total. The monoisotopic (exact) mass is 752 g/mol. The Morgan fingerprint density at radius 3 is 2.17 bits per heavy atom. The van der Waals surface area contributed by atoms with Gasteiger partial charge in [0.1, 0.15) is 42.7 Å². The van der Waals surface area contributed by atoms with Crippen molar-refractivity contribution in [2.45, 2.75) is 160 Å². The second kappa shape index (κ2) is 14.0. The SMILES string of the molecule is CC1(C)CC[C@]2(C(=O)O[C@@H]3O[C@H](CO)[C@@H](O)[C@H](O)[C@H]3O)CC[C@@H]3C(=CC[C@@H]4[C@@]5(C)CC[C@H](O[C@@H]6OC[C@@H](O)[C@H](O)[C@H]6O)[C@@](C)(CO)[C@@H]5CC[C@]43C)[C@@H]2C1. The average molecular weight is 753 g/mol. The fourth-order valence-corrected chi connectivity index (χ4v) is 13.0. The highest BCUT2D eigenvalue weighted by Gasteiger charge is 2.67. The second-order valence-corrected chi connectivity index (χ2v) is 19.4. The number of aliphatic hydroxyl groups is 8. The maximum absolute atomic E-state index is 14.4. The lowest BCUT2D eigenvalue weighted by molar-refractivity contribution is -0.311. The predicted octanol–water partition coefficient (Wildman–Crippen LogP) is 1.54. The summed E-state index contributed by atoms with van der Waals surface area (Å²) in [6.07, 6.45) is -2.76. The summed E-state index contributed by atoms with van der Waals surface area (Å²) in [6.45, 7) is 10.5. The number of rotatable bonds is 6. The van der Waals surface area contributed by atoms with Crippen molar-refractivity contribution in [2.75, 3.05) is 19.8 Å².